The van der Waals surface area contributed by atoms with E-state index in [1.165, 1.54) is 32.1 Å². The number of amides is 3. The molecular formula is C27H43N3O5. The Morgan fingerprint density at radius 2 is 1.66 bits per heavy atom. The Bertz CT molecular complexity index is 773. The van der Waals surface area contributed by atoms with Crippen LogP contribution in [0.2, 0.25) is 0 Å². The van der Waals surface area contributed by atoms with Crippen LogP contribution in [0.3, 0.4) is 0 Å². The molecule has 8 heteroatoms. The minimum absolute atomic E-state index is 0.193. The average molecular weight is 490 g/mol. The summed E-state index contributed by atoms with van der Waals surface area (Å²) in [6.07, 6.45) is 7.97. The molecule has 0 aromatic heterocycles. The molecule has 35 heavy (non-hydrogen) atoms. The van der Waals surface area contributed by atoms with E-state index < -0.39 is 23.8 Å². The van der Waals surface area contributed by atoms with Crippen LogP contribution in [-0.2, 0) is 20.9 Å². The molecule has 1 fully saturated rings. The molecule has 1 aliphatic rings. The molecule has 0 bridgehead atoms. The first-order valence-electron chi connectivity index (χ1n) is 12.9. The van der Waals surface area contributed by atoms with Crippen molar-refractivity contribution in [3.8, 4) is 0 Å². The summed E-state index contributed by atoms with van der Waals surface area (Å²) in [7, 11) is 0. The second-order valence-electron chi connectivity index (χ2n) is 10.3. The lowest BCUT2D eigenvalue weighted by Crippen LogP contribution is -2.48. The van der Waals surface area contributed by atoms with Crippen LogP contribution in [0.15, 0.2) is 30.3 Å². The van der Waals surface area contributed by atoms with E-state index >= 15 is 0 Å². The number of alkyl carbamates (subject to hydrolysis) is 2. The number of nitrogens with one attached hydrogen (secondary N) is 3. The summed E-state index contributed by atoms with van der Waals surface area (Å²) in [6, 6.07) is 8.80. The van der Waals surface area contributed by atoms with Gasteiger partial charge in [-0.1, -0.05) is 62.4 Å². The predicted octanol–water partition coefficient (Wildman–Crippen LogP) is 5.06. The zero-order valence-corrected chi connectivity index (χ0v) is 21.6. The summed E-state index contributed by atoms with van der Waals surface area (Å²) in [5.74, 6) is 0.482. The van der Waals surface area contributed by atoms with Crippen molar-refractivity contribution in [2.75, 3.05) is 13.1 Å². The largest absolute Gasteiger partial charge is 0.445 e. The van der Waals surface area contributed by atoms with Crippen LogP contribution < -0.4 is 16.0 Å². The van der Waals surface area contributed by atoms with Gasteiger partial charge in [0.1, 0.15) is 18.2 Å². The molecule has 3 amide bonds. The number of hydrogen-bond acceptors (Lipinski definition) is 5. The standard InChI is InChI=1S/C27H43N3O5/c1-27(2,3)35-26(33)30-23(24(31)28-19-17-21-12-6-4-7-13-21)16-10-11-18-29-25(32)34-20-22-14-8-5-9-15-22/h5,8-9,14-15,21,23H,4,6-7,10-13,16-20H2,1-3H3,(H,28,31)(H,29,32)(H,30,33)/t23-/m0/s1. The van der Waals surface area contributed by atoms with E-state index in [0.29, 0.717) is 38.3 Å². The van der Waals surface area contributed by atoms with Crippen LogP contribution in [0.4, 0.5) is 9.59 Å². The summed E-state index contributed by atoms with van der Waals surface area (Å²) in [4.78, 5) is 37.0. The first-order valence-corrected chi connectivity index (χ1v) is 12.9. The molecule has 0 aliphatic heterocycles. The fourth-order valence-corrected chi connectivity index (χ4v) is 4.16. The first-order chi connectivity index (χ1) is 16.7. The molecule has 1 aromatic carbocycles. The van der Waals surface area contributed by atoms with E-state index in [4.69, 9.17) is 9.47 Å². The highest BCUT2D eigenvalue weighted by molar-refractivity contribution is 5.85. The summed E-state index contributed by atoms with van der Waals surface area (Å²) in [6.45, 7) is 6.62. The van der Waals surface area contributed by atoms with Gasteiger partial charge in [0.15, 0.2) is 0 Å². The monoisotopic (exact) mass is 489 g/mol. The van der Waals surface area contributed by atoms with Gasteiger partial charge in [-0.3, -0.25) is 4.79 Å². The molecule has 196 valence electrons. The quantitative estimate of drug-likeness (QED) is 0.356. The lowest BCUT2D eigenvalue weighted by Gasteiger charge is -2.24. The van der Waals surface area contributed by atoms with Gasteiger partial charge in [-0.15, -0.1) is 0 Å². The molecule has 0 spiro atoms. The average Bonchev–Trinajstić information content (AvgIpc) is 2.82. The highest BCUT2D eigenvalue weighted by Gasteiger charge is 2.24. The Morgan fingerprint density at radius 1 is 0.943 bits per heavy atom. The van der Waals surface area contributed by atoms with Gasteiger partial charge in [-0.05, 0) is 57.9 Å². The second kappa shape index (κ2) is 15.3. The highest BCUT2D eigenvalue weighted by Crippen LogP contribution is 2.25. The molecular weight excluding hydrogens is 446 g/mol. The molecule has 2 rings (SSSR count). The van der Waals surface area contributed by atoms with Gasteiger partial charge >= 0.3 is 12.2 Å². The van der Waals surface area contributed by atoms with Crippen molar-refractivity contribution in [3.05, 3.63) is 35.9 Å². The lowest BCUT2D eigenvalue weighted by molar-refractivity contribution is -0.123. The summed E-state index contributed by atoms with van der Waals surface area (Å²) in [5.41, 5.74) is 0.282. The van der Waals surface area contributed by atoms with E-state index in [1.54, 1.807) is 20.8 Å². The maximum absolute atomic E-state index is 12.8. The lowest BCUT2D eigenvalue weighted by atomic mass is 9.87. The van der Waals surface area contributed by atoms with Gasteiger partial charge in [0.2, 0.25) is 5.91 Å². The Balaban J connectivity index is 1.71. The van der Waals surface area contributed by atoms with Crippen molar-refractivity contribution in [1.82, 2.24) is 16.0 Å². The SMILES string of the molecule is CC(C)(C)OC(=O)N[C@@H](CCCCNC(=O)OCc1ccccc1)C(=O)NCCC1CCCCC1. The smallest absolute Gasteiger partial charge is 0.408 e. The maximum Gasteiger partial charge on any atom is 0.408 e. The van der Waals surface area contributed by atoms with Crippen LogP contribution >= 0.6 is 0 Å². The third-order valence-electron chi connectivity index (χ3n) is 5.99. The zero-order chi connectivity index (χ0) is 25.5. The van der Waals surface area contributed by atoms with Crippen molar-refractivity contribution in [2.45, 2.75) is 96.8 Å². The number of ether oxygens (including phenoxy) is 2. The van der Waals surface area contributed by atoms with Gasteiger partial charge in [0, 0.05) is 13.1 Å². The van der Waals surface area contributed by atoms with Gasteiger partial charge in [0.25, 0.3) is 0 Å². The minimum Gasteiger partial charge on any atom is -0.445 e. The third-order valence-corrected chi connectivity index (χ3v) is 5.99. The molecule has 1 aromatic rings. The third kappa shape index (κ3) is 13.0. The van der Waals surface area contributed by atoms with E-state index in [1.807, 2.05) is 30.3 Å². The van der Waals surface area contributed by atoms with Crippen LogP contribution in [0.1, 0.15) is 84.1 Å². The number of rotatable bonds is 12. The summed E-state index contributed by atoms with van der Waals surface area (Å²) in [5, 5.41) is 8.43. The van der Waals surface area contributed by atoms with Gasteiger partial charge in [0.05, 0.1) is 0 Å². The van der Waals surface area contributed by atoms with Crippen molar-refractivity contribution in [1.29, 1.82) is 0 Å². The van der Waals surface area contributed by atoms with E-state index in [9.17, 15) is 14.4 Å². The van der Waals surface area contributed by atoms with Crippen LogP contribution in [0.25, 0.3) is 0 Å². The highest BCUT2D eigenvalue weighted by atomic mass is 16.6. The fourth-order valence-electron chi connectivity index (χ4n) is 4.16. The van der Waals surface area contributed by atoms with Gasteiger partial charge in [-0.25, -0.2) is 9.59 Å². The molecule has 8 nitrogen and oxygen atoms in total. The number of benzene rings is 1. The van der Waals surface area contributed by atoms with Crippen molar-refractivity contribution in [2.24, 2.45) is 5.92 Å². The Labute approximate surface area is 209 Å². The van der Waals surface area contributed by atoms with Gasteiger partial charge in [-0.2, -0.15) is 0 Å². The van der Waals surface area contributed by atoms with Crippen LogP contribution in [-0.4, -0.2) is 42.8 Å². The molecule has 1 atom stereocenters. The van der Waals surface area contributed by atoms with Crippen molar-refractivity contribution >= 4 is 18.1 Å². The molecule has 0 radical (unpaired) electrons. The Kier molecular flexibility index (Phi) is 12.4. The fraction of sp³-hybridized carbons (Fsp3) is 0.667. The van der Waals surface area contributed by atoms with Crippen molar-refractivity contribution in [3.63, 3.8) is 0 Å². The number of carbonyl (C=O) groups is 3. The Hall–Kier alpha value is -2.77. The summed E-state index contributed by atoms with van der Waals surface area (Å²) < 4.78 is 10.5. The van der Waals surface area contributed by atoms with Crippen LogP contribution in [0, 0.1) is 5.92 Å². The number of unbranched alkanes of at least 4 members (excludes halogenated alkanes) is 1. The van der Waals surface area contributed by atoms with Crippen molar-refractivity contribution < 1.29 is 23.9 Å². The van der Waals surface area contributed by atoms with Gasteiger partial charge < -0.3 is 25.4 Å². The van der Waals surface area contributed by atoms with E-state index in [-0.39, 0.29) is 12.5 Å². The molecule has 0 unspecified atom stereocenters. The molecule has 1 aliphatic carbocycles. The summed E-state index contributed by atoms with van der Waals surface area (Å²) >= 11 is 0. The van der Waals surface area contributed by atoms with Crippen LogP contribution in [0.5, 0.6) is 0 Å². The second-order valence-corrected chi connectivity index (χ2v) is 10.3. The molecule has 1 saturated carbocycles. The maximum atomic E-state index is 12.8. The number of carbonyl (C=O) groups excluding carboxylic acids is 3. The van der Waals surface area contributed by atoms with E-state index in [2.05, 4.69) is 16.0 Å². The molecule has 0 heterocycles. The topological polar surface area (TPSA) is 106 Å². The molecule has 0 saturated heterocycles. The first kappa shape index (κ1) is 28.5. The Morgan fingerprint density at radius 3 is 2.34 bits per heavy atom. The molecule has 3 N–H and O–H groups in total. The predicted molar refractivity (Wildman–Crippen MR) is 136 cm³/mol. The zero-order valence-electron chi connectivity index (χ0n) is 21.6. The minimum atomic E-state index is -0.679. The van der Waals surface area contributed by atoms with E-state index in [0.717, 1.165) is 12.0 Å². The normalized spacial score (nSPS) is 15.1. The number of hydrogen-bond donors (Lipinski definition) is 3.